The van der Waals surface area contributed by atoms with Gasteiger partial charge in [-0.3, -0.25) is 0 Å². The third kappa shape index (κ3) is 3.30. The predicted octanol–water partition coefficient (Wildman–Crippen LogP) is 11.7. The highest BCUT2D eigenvalue weighted by Gasteiger charge is 2.24. The van der Waals surface area contributed by atoms with Gasteiger partial charge in [0.25, 0.3) is 0 Å². The van der Waals surface area contributed by atoms with E-state index in [4.69, 9.17) is 4.42 Å². The second kappa shape index (κ2) is 8.69. The van der Waals surface area contributed by atoms with Gasteiger partial charge in [0.15, 0.2) is 0 Å². The maximum Gasteiger partial charge on any atom is 0.137 e. The number of hydrogen-bond donors (Lipinski definition) is 0. The van der Waals surface area contributed by atoms with Crippen LogP contribution in [0.1, 0.15) is 0 Å². The van der Waals surface area contributed by atoms with Crippen molar-refractivity contribution in [2.45, 2.75) is 0 Å². The van der Waals surface area contributed by atoms with Gasteiger partial charge < -0.3 is 9.32 Å². The molecule has 192 valence electrons. The van der Waals surface area contributed by atoms with Gasteiger partial charge in [0, 0.05) is 26.2 Å². The molecule has 9 aromatic rings. The number of para-hydroxylation sites is 1. The van der Waals surface area contributed by atoms with Gasteiger partial charge in [0.2, 0.25) is 0 Å². The van der Waals surface area contributed by atoms with Crippen LogP contribution in [-0.4, -0.2) is 0 Å². The Bertz CT molecular complexity index is 2450. The lowest BCUT2D eigenvalue weighted by Gasteiger charge is -2.28. The zero-order valence-electron chi connectivity index (χ0n) is 22.0. The minimum absolute atomic E-state index is 0.891. The van der Waals surface area contributed by atoms with Gasteiger partial charge in [-0.05, 0) is 52.6 Å². The standard InChI is InChI=1S/C38H23NOS/c1-2-12-25-24(11-1)23-33(27-14-4-3-13-26(25)27)39(31-18-10-21-35-37(31)30-16-5-7-20-34(30)40-35)32-19-9-17-29-28-15-6-8-22-36(28)41-38(29)32/h1-23H. The maximum absolute atomic E-state index is 6.38. The molecule has 0 amide bonds. The lowest BCUT2D eigenvalue weighted by Crippen LogP contribution is -2.11. The fourth-order valence-electron chi connectivity index (χ4n) is 6.46. The molecule has 0 N–H and O–H groups in total. The van der Waals surface area contributed by atoms with Crippen LogP contribution < -0.4 is 4.90 Å². The number of benzene rings is 7. The molecular formula is C38H23NOS. The average molecular weight is 542 g/mol. The molecule has 0 fully saturated rings. The molecule has 0 radical (unpaired) electrons. The largest absolute Gasteiger partial charge is 0.456 e. The van der Waals surface area contributed by atoms with E-state index >= 15 is 0 Å². The Morgan fingerprint density at radius 3 is 1.98 bits per heavy atom. The van der Waals surface area contributed by atoms with E-state index in [0.29, 0.717) is 0 Å². The molecule has 2 nitrogen and oxygen atoms in total. The van der Waals surface area contributed by atoms with E-state index in [0.717, 1.165) is 33.3 Å². The minimum atomic E-state index is 0.891. The number of nitrogens with zero attached hydrogens (tertiary/aromatic N) is 1. The average Bonchev–Trinajstić information content (AvgIpc) is 3.61. The zero-order valence-corrected chi connectivity index (χ0v) is 22.9. The molecule has 3 heteroatoms. The predicted molar refractivity (Wildman–Crippen MR) is 176 cm³/mol. The molecule has 0 bridgehead atoms. The second-order valence-corrected chi connectivity index (χ2v) is 11.6. The molecule has 41 heavy (non-hydrogen) atoms. The molecule has 0 aliphatic heterocycles. The Kier molecular flexibility index (Phi) is 4.80. The van der Waals surface area contributed by atoms with Crippen LogP contribution in [-0.2, 0) is 0 Å². The van der Waals surface area contributed by atoms with Crippen molar-refractivity contribution < 1.29 is 4.42 Å². The number of fused-ring (bicyclic) bond motifs is 9. The lowest BCUT2D eigenvalue weighted by molar-refractivity contribution is 0.669. The molecule has 0 unspecified atom stereocenters. The van der Waals surface area contributed by atoms with Crippen LogP contribution in [0, 0.1) is 0 Å². The van der Waals surface area contributed by atoms with Gasteiger partial charge in [-0.2, -0.15) is 0 Å². The van der Waals surface area contributed by atoms with Crippen molar-refractivity contribution in [2.75, 3.05) is 4.90 Å². The Morgan fingerprint density at radius 1 is 0.439 bits per heavy atom. The normalized spacial score (nSPS) is 11.9. The van der Waals surface area contributed by atoms with Crippen molar-refractivity contribution in [3.63, 3.8) is 0 Å². The molecular weight excluding hydrogens is 518 g/mol. The van der Waals surface area contributed by atoms with E-state index in [9.17, 15) is 0 Å². The molecule has 0 atom stereocenters. The first-order valence-corrected chi connectivity index (χ1v) is 14.7. The number of rotatable bonds is 3. The minimum Gasteiger partial charge on any atom is -0.456 e. The van der Waals surface area contributed by atoms with Crippen molar-refractivity contribution >= 4 is 92.1 Å². The van der Waals surface area contributed by atoms with Gasteiger partial charge in [-0.25, -0.2) is 0 Å². The third-order valence-electron chi connectivity index (χ3n) is 8.23. The van der Waals surface area contributed by atoms with Crippen molar-refractivity contribution in [2.24, 2.45) is 0 Å². The topological polar surface area (TPSA) is 16.4 Å². The van der Waals surface area contributed by atoms with E-state index < -0.39 is 0 Å². The number of hydrogen-bond acceptors (Lipinski definition) is 3. The molecule has 0 aliphatic carbocycles. The first-order chi connectivity index (χ1) is 20.3. The SMILES string of the molecule is c1ccc2c(c1)cc(N(c1cccc3c1sc1ccccc13)c1cccc3oc4ccccc4c13)c1ccccc12. The summed E-state index contributed by atoms with van der Waals surface area (Å²) < 4.78 is 8.95. The molecule has 2 aromatic heterocycles. The van der Waals surface area contributed by atoms with Crippen molar-refractivity contribution in [1.82, 2.24) is 0 Å². The molecule has 0 saturated heterocycles. The third-order valence-corrected chi connectivity index (χ3v) is 9.44. The monoisotopic (exact) mass is 541 g/mol. The summed E-state index contributed by atoms with van der Waals surface area (Å²) in [5.74, 6) is 0. The highest BCUT2D eigenvalue weighted by molar-refractivity contribution is 7.26. The zero-order chi connectivity index (χ0) is 26.9. The first kappa shape index (κ1) is 22.7. The summed E-state index contributed by atoms with van der Waals surface area (Å²) >= 11 is 1.86. The lowest BCUT2D eigenvalue weighted by atomic mass is 9.98. The van der Waals surface area contributed by atoms with Gasteiger partial charge >= 0.3 is 0 Å². The summed E-state index contributed by atoms with van der Waals surface area (Å²) in [5.41, 5.74) is 5.22. The summed E-state index contributed by atoms with van der Waals surface area (Å²) in [6.07, 6.45) is 0. The summed E-state index contributed by atoms with van der Waals surface area (Å²) in [6, 6.07) is 50.1. The van der Waals surface area contributed by atoms with Crippen molar-refractivity contribution in [3.8, 4) is 0 Å². The summed E-state index contributed by atoms with van der Waals surface area (Å²) in [6.45, 7) is 0. The first-order valence-electron chi connectivity index (χ1n) is 13.9. The van der Waals surface area contributed by atoms with Crippen LogP contribution in [0.15, 0.2) is 144 Å². The second-order valence-electron chi connectivity index (χ2n) is 10.5. The number of thiophene rings is 1. The Morgan fingerprint density at radius 2 is 1.07 bits per heavy atom. The van der Waals surface area contributed by atoms with Gasteiger partial charge in [0.1, 0.15) is 11.2 Å². The van der Waals surface area contributed by atoms with Crippen LogP contribution >= 0.6 is 11.3 Å². The molecule has 2 heterocycles. The van der Waals surface area contributed by atoms with Crippen molar-refractivity contribution in [3.05, 3.63) is 140 Å². The smallest absolute Gasteiger partial charge is 0.137 e. The van der Waals surface area contributed by atoms with Crippen molar-refractivity contribution in [1.29, 1.82) is 0 Å². The van der Waals surface area contributed by atoms with E-state index in [-0.39, 0.29) is 0 Å². The van der Waals surface area contributed by atoms with E-state index in [1.54, 1.807) is 0 Å². The maximum atomic E-state index is 6.38. The van der Waals surface area contributed by atoms with Gasteiger partial charge in [-0.1, -0.05) is 103 Å². The van der Waals surface area contributed by atoms with E-state index in [1.165, 1.54) is 47.4 Å². The Hall–Kier alpha value is -5.12. The van der Waals surface area contributed by atoms with E-state index in [1.807, 2.05) is 17.4 Å². The summed E-state index contributed by atoms with van der Waals surface area (Å²) in [5, 5.41) is 9.77. The number of anilines is 3. The number of furan rings is 1. The van der Waals surface area contributed by atoms with E-state index in [2.05, 4.69) is 138 Å². The van der Waals surface area contributed by atoms with Crippen LogP contribution in [0.25, 0.3) is 63.7 Å². The molecule has 0 spiro atoms. The molecule has 0 saturated carbocycles. The highest BCUT2D eigenvalue weighted by Crippen LogP contribution is 2.50. The highest BCUT2D eigenvalue weighted by atomic mass is 32.1. The van der Waals surface area contributed by atoms with Crippen LogP contribution in [0.3, 0.4) is 0 Å². The van der Waals surface area contributed by atoms with Gasteiger partial charge in [-0.15, -0.1) is 11.3 Å². The van der Waals surface area contributed by atoms with Crippen LogP contribution in [0.5, 0.6) is 0 Å². The fraction of sp³-hybridized carbons (Fsp3) is 0. The quantitative estimate of drug-likeness (QED) is 0.207. The molecule has 7 aromatic carbocycles. The van der Waals surface area contributed by atoms with Crippen LogP contribution in [0.4, 0.5) is 17.1 Å². The summed E-state index contributed by atoms with van der Waals surface area (Å²) in [4.78, 5) is 2.47. The Labute approximate surface area is 240 Å². The fourth-order valence-corrected chi connectivity index (χ4v) is 7.67. The van der Waals surface area contributed by atoms with Crippen LogP contribution in [0.2, 0.25) is 0 Å². The van der Waals surface area contributed by atoms with Gasteiger partial charge in [0.05, 0.1) is 27.1 Å². The molecule has 0 aliphatic rings. The molecule has 9 rings (SSSR count). The summed E-state index contributed by atoms with van der Waals surface area (Å²) in [7, 11) is 0. The Balaban J connectivity index is 1.47.